The fourth-order valence-corrected chi connectivity index (χ4v) is 7.33. The highest BCUT2D eigenvalue weighted by molar-refractivity contribution is 5.97. The summed E-state index contributed by atoms with van der Waals surface area (Å²) in [6, 6.07) is 21.3. The van der Waals surface area contributed by atoms with Crippen molar-refractivity contribution in [1.29, 1.82) is 0 Å². The third-order valence-electron chi connectivity index (χ3n) is 10.1. The fraction of sp³-hybridized carbons (Fsp3) is 0.357. The summed E-state index contributed by atoms with van der Waals surface area (Å²) in [6.45, 7) is 3.72. The van der Waals surface area contributed by atoms with Crippen LogP contribution in [-0.4, -0.2) is 84.8 Å². The van der Waals surface area contributed by atoms with E-state index in [1.807, 2.05) is 24.3 Å². The third kappa shape index (κ3) is 8.24. The Labute approximate surface area is 317 Å². The molecule has 4 atom stereocenters. The lowest BCUT2D eigenvalue weighted by atomic mass is 9.90. The minimum atomic E-state index is -1.05. The molecule has 1 spiro atoms. The van der Waals surface area contributed by atoms with Gasteiger partial charge in [0, 0.05) is 55.0 Å². The van der Waals surface area contributed by atoms with Gasteiger partial charge in [0.15, 0.2) is 5.79 Å². The van der Waals surface area contributed by atoms with Crippen molar-refractivity contribution in [2.75, 3.05) is 19.8 Å². The minimum Gasteiger partial charge on any atom is -0.462 e. The van der Waals surface area contributed by atoms with Crippen LogP contribution in [0.2, 0.25) is 0 Å². The Balaban J connectivity index is 1.08. The van der Waals surface area contributed by atoms with Gasteiger partial charge in [-0.25, -0.2) is 14.4 Å². The van der Waals surface area contributed by atoms with Gasteiger partial charge in [0.05, 0.1) is 12.2 Å². The zero-order valence-electron chi connectivity index (χ0n) is 30.4. The molecule has 4 aliphatic rings. The van der Waals surface area contributed by atoms with Crippen LogP contribution < -0.4 is 10.6 Å². The first-order chi connectivity index (χ1) is 26.4. The summed E-state index contributed by atoms with van der Waals surface area (Å²) in [5, 5.41) is 14.6. The van der Waals surface area contributed by atoms with Crippen molar-refractivity contribution in [2.45, 2.75) is 69.9 Å². The van der Waals surface area contributed by atoms with E-state index in [-0.39, 0.29) is 44.2 Å². The smallest absolute Gasteiger partial charge is 0.348 e. The lowest BCUT2D eigenvalue weighted by molar-refractivity contribution is -0.172. The summed E-state index contributed by atoms with van der Waals surface area (Å²) in [4.78, 5) is 64.9. The molecule has 0 saturated carbocycles. The molecule has 2 aliphatic carbocycles. The number of fused-ring (bicyclic) bond motifs is 2. The van der Waals surface area contributed by atoms with Gasteiger partial charge >= 0.3 is 17.9 Å². The van der Waals surface area contributed by atoms with Crippen LogP contribution >= 0.6 is 0 Å². The normalized spacial score (nSPS) is 23.0. The number of cyclic esters (lactones) is 1. The molecule has 2 aliphatic heterocycles. The number of aliphatic hydroxyl groups is 1. The van der Waals surface area contributed by atoms with E-state index in [1.54, 1.807) is 68.5 Å². The predicted molar refractivity (Wildman–Crippen MR) is 196 cm³/mol. The van der Waals surface area contributed by atoms with Crippen LogP contribution in [0.3, 0.4) is 0 Å². The largest absolute Gasteiger partial charge is 0.462 e. The van der Waals surface area contributed by atoms with E-state index >= 15 is 0 Å². The Morgan fingerprint density at radius 3 is 2.38 bits per heavy atom. The second-order valence-electron chi connectivity index (χ2n) is 14.7. The van der Waals surface area contributed by atoms with E-state index in [2.05, 4.69) is 10.6 Å². The number of hydrogen-bond donors (Lipinski definition) is 3. The van der Waals surface area contributed by atoms with Crippen LogP contribution in [0.15, 0.2) is 90.5 Å². The van der Waals surface area contributed by atoms with Crippen molar-refractivity contribution in [3.8, 4) is 0 Å². The number of benzene rings is 3. The Kier molecular flexibility index (Phi) is 10.7. The van der Waals surface area contributed by atoms with Gasteiger partial charge in [0.25, 0.3) is 5.91 Å². The molecule has 7 rings (SSSR count). The van der Waals surface area contributed by atoms with Crippen LogP contribution in [0.25, 0.3) is 6.08 Å². The molecular formula is C42H42N2O11. The molecule has 3 N–H and O–H groups in total. The molecule has 2 saturated heterocycles. The maximum absolute atomic E-state index is 13.9. The van der Waals surface area contributed by atoms with Crippen molar-refractivity contribution < 1.29 is 52.8 Å². The summed E-state index contributed by atoms with van der Waals surface area (Å²) in [5.74, 6) is -3.82. The topological polar surface area (TPSA) is 176 Å². The molecule has 3 aromatic carbocycles. The molecule has 0 radical (unpaired) electrons. The van der Waals surface area contributed by atoms with Crippen LogP contribution in [0.5, 0.6) is 0 Å². The van der Waals surface area contributed by atoms with E-state index in [0.29, 0.717) is 35.1 Å². The Morgan fingerprint density at radius 2 is 1.65 bits per heavy atom. The lowest BCUT2D eigenvalue weighted by Gasteiger charge is -2.30. The molecule has 286 valence electrons. The molecule has 13 nitrogen and oxygen atoms in total. The molecule has 2 heterocycles. The van der Waals surface area contributed by atoms with E-state index < -0.39 is 59.4 Å². The average molecular weight is 751 g/mol. The quantitative estimate of drug-likeness (QED) is 0.149. The summed E-state index contributed by atoms with van der Waals surface area (Å²) in [5.41, 5.74) is 3.46. The summed E-state index contributed by atoms with van der Waals surface area (Å²) >= 11 is 0. The van der Waals surface area contributed by atoms with Gasteiger partial charge < -0.3 is 39.4 Å². The number of hydrogen-bond acceptors (Lipinski definition) is 11. The van der Waals surface area contributed by atoms with Crippen LogP contribution in [0.1, 0.15) is 63.2 Å². The Hall–Kier alpha value is -5.63. The first kappa shape index (κ1) is 37.7. The van der Waals surface area contributed by atoms with Gasteiger partial charge in [-0.05, 0) is 52.6 Å². The number of aliphatic hydroxyl groups excluding tert-OH is 1. The molecule has 0 bridgehead atoms. The standard InChI is InChI=1S/C42H42N2O11/c1-41(2)24-51-40(50)36(41)53-34(46)15-14-26-9-5-6-13-31(26)39(49)52-32-19-30(38(48)44-23-25-8-7-12-27(18-25)37(47)43-16-17-45)20-33-35(32)55-42(54-33)21-28-10-3-4-11-29(28)22-42/h3-15,18,20,32-33,35-36,45H,16-17,19,21-24H2,1-2H3,(H,43,47)(H,44,48)/t32-,33-,35+,36+/m1/s1. The highest BCUT2D eigenvalue weighted by Crippen LogP contribution is 2.45. The molecule has 2 amide bonds. The maximum atomic E-state index is 13.9. The number of nitrogens with one attached hydrogen (secondary N) is 2. The zero-order chi connectivity index (χ0) is 38.7. The molecule has 13 heteroatoms. The van der Waals surface area contributed by atoms with Crippen LogP contribution in [0.4, 0.5) is 0 Å². The maximum Gasteiger partial charge on any atom is 0.348 e. The van der Waals surface area contributed by atoms with Crippen molar-refractivity contribution in [2.24, 2.45) is 5.41 Å². The SMILES string of the molecule is CC1(C)COC(=O)[C@@H]1OC(=O)C=Cc1ccccc1C(=O)O[C@@H]1CC(C(=O)NCc2cccc(C(=O)NCCO)c2)=C[C@H]2OC3(Cc4ccccc4C3)O[C@H]21. The van der Waals surface area contributed by atoms with Crippen molar-refractivity contribution in [1.82, 2.24) is 10.6 Å². The molecule has 2 fully saturated rings. The van der Waals surface area contributed by atoms with Crippen LogP contribution in [-0.2, 0) is 57.5 Å². The minimum absolute atomic E-state index is 0.0341. The zero-order valence-corrected chi connectivity index (χ0v) is 30.4. The van der Waals surface area contributed by atoms with Crippen molar-refractivity contribution >= 4 is 35.8 Å². The third-order valence-corrected chi connectivity index (χ3v) is 10.1. The monoisotopic (exact) mass is 750 g/mol. The summed E-state index contributed by atoms with van der Waals surface area (Å²) in [7, 11) is 0. The molecule has 0 unspecified atom stereocenters. The van der Waals surface area contributed by atoms with Crippen molar-refractivity contribution in [3.05, 3.63) is 124 Å². The first-order valence-corrected chi connectivity index (χ1v) is 18.2. The van der Waals surface area contributed by atoms with Gasteiger partial charge in [-0.2, -0.15) is 0 Å². The highest BCUT2D eigenvalue weighted by atomic mass is 16.8. The predicted octanol–water partition coefficient (Wildman–Crippen LogP) is 3.37. The van der Waals surface area contributed by atoms with E-state index in [0.717, 1.165) is 17.2 Å². The summed E-state index contributed by atoms with van der Waals surface area (Å²) < 4.78 is 29.8. The Morgan fingerprint density at radius 1 is 0.909 bits per heavy atom. The number of rotatable bonds is 11. The molecule has 3 aromatic rings. The lowest BCUT2D eigenvalue weighted by Crippen LogP contribution is -2.43. The highest BCUT2D eigenvalue weighted by Gasteiger charge is 2.55. The number of esters is 3. The molecular weight excluding hydrogens is 708 g/mol. The fourth-order valence-electron chi connectivity index (χ4n) is 7.33. The number of ether oxygens (including phenoxy) is 5. The van der Waals surface area contributed by atoms with Gasteiger partial charge in [-0.1, -0.05) is 68.4 Å². The first-order valence-electron chi connectivity index (χ1n) is 18.2. The van der Waals surface area contributed by atoms with E-state index in [9.17, 15) is 24.0 Å². The van der Waals surface area contributed by atoms with E-state index in [4.69, 9.17) is 28.8 Å². The van der Waals surface area contributed by atoms with Crippen molar-refractivity contribution in [3.63, 3.8) is 0 Å². The second kappa shape index (κ2) is 15.6. The van der Waals surface area contributed by atoms with Gasteiger partial charge in [0.2, 0.25) is 12.0 Å². The molecule has 55 heavy (non-hydrogen) atoms. The number of amides is 2. The van der Waals surface area contributed by atoms with E-state index in [1.165, 1.54) is 6.08 Å². The summed E-state index contributed by atoms with van der Waals surface area (Å²) in [6.07, 6.45) is 1.93. The number of carbonyl (C=O) groups excluding carboxylic acids is 5. The van der Waals surface area contributed by atoms with Gasteiger partial charge in [0.1, 0.15) is 24.9 Å². The second-order valence-corrected chi connectivity index (χ2v) is 14.7. The van der Waals surface area contributed by atoms with Gasteiger partial charge in [-0.3, -0.25) is 9.59 Å². The molecule has 0 aromatic heterocycles. The van der Waals surface area contributed by atoms with Crippen LogP contribution in [0, 0.1) is 5.41 Å². The Bertz CT molecular complexity index is 2050. The van der Waals surface area contributed by atoms with Gasteiger partial charge in [-0.15, -0.1) is 0 Å². The average Bonchev–Trinajstić information content (AvgIpc) is 3.82. The number of carbonyl (C=O) groups is 5.